The van der Waals surface area contributed by atoms with E-state index in [1.807, 2.05) is 13.0 Å². The number of aliphatic carboxylic acids is 1. The number of carboxylic acid groups (broad SMARTS) is 1. The number of hydrogen-bond donors (Lipinski definition) is 2. The standard InChI is InChI=1S/C15H19N3O2/c1-3-9-5-10(11(6-9)15(19)20)13-17-12-4-8(2)7-16-14(12)18-13/h4,7,9-11H,3,5-6H2,1-2H3,(H,19,20)(H,16,17,18). The van der Waals surface area contributed by atoms with Gasteiger partial charge in [-0.2, -0.15) is 0 Å². The van der Waals surface area contributed by atoms with Crippen molar-refractivity contribution in [2.45, 2.75) is 39.0 Å². The van der Waals surface area contributed by atoms with Gasteiger partial charge in [-0.15, -0.1) is 0 Å². The van der Waals surface area contributed by atoms with Gasteiger partial charge >= 0.3 is 5.97 Å². The monoisotopic (exact) mass is 273 g/mol. The van der Waals surface area contributed by atoms with Crippen molar-refractivity contribution in [3.8, 4) is 0 Å². The minimum absolute atomic E-state index is 0.0213. The molecular formula is C15H19N3O2. The molecule has 1 aliphatic rings. The SMILES string of the molecule is CCC1CC(C(=O)O)C(c2nc3ncc(C)cc3[nH]2)C1. The van der Waals surface area contributed by atoms with Crippen molar-refractivity contribution in [3.63, 3.8) is 0 Å². The van der Waals surface area contributed by atoms with Gasteiger partial charge in [-0.05, 0) is 37.3 Å². The third-order valence-corrected chi connectivity index (χ3v) is 4.40. The first-order valence-electron chi connectivity index (χ1n) is 7.13. The number of nitrogens with one attached hydrogen (secondary N) is 1. The summed E-state index contributed by atoms with van der Waals surface area (Å²) in [6.07, 6.45) is 4.45. The second-order valence-electron chi connectivity index (χ2n) is 5.80. The molecule has 106 valence electrons. The van der Waals surface area contributed by atoms with Crippen molar-refractivity contribution >= 4 is 17.1 Å². The maximum atomic E-state index is 11.5. The first kappa shape index (κ1) is 13.1. The average Bonchev–Trinajstić information content (AvgIpc) is 3.00. The molecule has 0 bridgehead atoms. The molecule has 2 aromatic heterocycles. The van der Waals surface area contributed by atoms with Crippen LogP contribution in [0.4, 0.5) is 0 Å². The van der Waals surface area contributed by atoms with E-state index in [1.165, 1.54) is 0 Å². The molecule has 0 aromatic carbocycles. The number of aryl methyl sites for hydroxylation is 1. The van der Waals surface area contributed by atoms with Gasteiger partial charge in [0.05, 0.1) is 11.4 Å². The van der Waals surface area contributed by atoms with E-state index in [1.54, 1.807) is 6.20 Å². The van der Waals surface area contributed by atoms with E-state index in [2.05, 4.69) is 21.9 Å². The van der Waals surface area contributed by atoms with Crippen LogP contribution in [0.2, 0.25) is 0 Å². The highest BCUT2D eigenvalue weighted by Crippen LogP contribution is 2.43. The summed E-state index contributed by atoms with van der Waals surface area (Å²) >= 11 is 0. The summed E-state index contributed by atoms with van der Waals surface area (Å²) in [5.41, 5.74) is 2.64. The van der Waals surface area contributed by atoms with Crippen LogP contribution in [0.25, 0.3) is 11.2 Å². The van der Waals surface area contributed by atoms with E-state index in [-0.39, 0.29) is 11.8 Å². The third-order valence-electron chi connectivity index (χ3n) is 4.40. The molecule has 0 spiro atoms. The number of carboxylic acids is 1. The number of nitrogens with zero attached hydrogens (tertiary/aromatic N) is 2. The third kappa shape index (κ3) is 2.17. The van der Waals surface area contributed by atoms with Crippen molar-refractivity contribution in [1.82, 2.24) is 15.0 Å². The second kappa shape index (κ2) is 4.89. The van der Waals surface area contributed by atoms with E-state index in [0.29, 0.717) is 11.6 Å². The van der Waals surface area contributed by atoms with Crippen molar-refractivity contribution in [3.05, 3.63) is 23.7 Å². The van der Waals surface area contributed by atoms with Crippen LogP contribution in [-0.2, 0) is 4.79 Å². The van der Waals surface area contributed by atoms with Crippen LogP contribution in [0.5, 0.6) is 0 Å². The van der Waals surface area contributed by atoms with Crippen LogP contribution in [0.15, 0.2) is 12.3 Å². The summed E-state index contributed by atoms with van der Waals surface area (Å²) in [5, 5.41) is 9.42. The van der Waals surface area contributed by atoms with Gasteiger partial charge in [0.2, 0.25) is 0 Å². The van der Waals surface area contributed by atoms with Gasteiger partial charge in [0, 0.05) is 12.1 Å². The summed E-state index contributed by atoms with van der Waals surface area (Å²) in [6.45, 7) is 4.10. The Morgan fingerprint density at radius 2 is 2.30 bits per heavy atom. The zero-order valence-corrected chi connectivity index (χ0v) is 11.8. The molecule has 5 heteroatoms. The number of hydrogen-bond acceptors (Lipinski definition) is 3. The molecule has 2 N–H and O–H groups in total. The maximum absolute atomic E-state index is 11.5. The number of pyridine rings is 1. The molecule has 2 heterocycles. The lowest BCUT2D eigenvalue weighted by atomic mass is 9.96. The molecule has 3 rings (SSSR count). The number of carbonyl (C=O) groups is 1. The molecule has 0 saturated heterocycles. The van der Waals surface area contributed by atoms with E-state index in [0.717, 1.165) is 36.2 Å². The summed E-state index contributed by atoms with van der Waals surface area (Å²) in [5.74, 6) is 0.189. The van der Waals surface area contributed by atoms with Crippen molar-refractivity contribution in [2.75, 3.05) is 0 Å². The fourth-order valence-corrected chi connectivity index (χ4v) is 3.25. The van der Waals surface area contributed by atoms with Crippen LogP contribution in [0.3, 0.4) is 0 Å². The summed E-state index contributed by atoms with van der Waals surface area (Å²) < 4.78 is 0. The lowest BCUT2D eigenvalue weighted by molar-refractivity contribution is -0.142. The Morgan fingerprint density at radius 3 is 3.00 bits per heavy atom. The lowest BCUT2D eigenvalue weighted by Gasteiger charge is -2.12. The van der Waals surface area contributed by atoms with Crippen molar-refractivity contribution in [1.29, 1.82) is 0 Å². The Balaban J connectivity index is 1.98. The Labute approximate surface area is 117 Å². The van der Waals surface area contributed by atoms with Crippen molar-refractivity contribution in [2.24, 2.45) is 11.8 Å². The molecule has 0 radical (unpaired) electrons. The number of fused-ring (bicyclic) bond motifs is 1. The minimum Gasteiger partial charge on any atom is -0.481 e. The Hall–Kier alpha value is -1.91. The first-order valence-corrected chi connectivity index (χ1v) is 7.13. The maximum Gasteiger partial charge on any atom is 0.307 e. The molecule has 20 heavy (non-hydrogen) atoms. The van der Waals surface area contributed by atoms with E-state index >= 15 is 0 Å². The van der Waals surface area contributed by atoms with Gasteiger partial charge in [0.1, 0.15) is 5.82 Å². The summed E-state index contributed by atoms with van der Waals surface area (Å²) in [7, 11) is 0. The topological polar surface area (TPSA) is 78.9 Å². The molecule has 1 fully saturated rings. The van der Waals surface area contributed by atoms with Crippen LogP contribution >= 0.6 is 0 Å². The highest BCUT2D eigenvalue weighted by molar-refractivity contribution is 5.73. The van der Waals surface area contributed by atoms with Crippen LogP contribution < -0.4 is 0 Å². The van der Waals surface area contributed by atoms with Gasteiger partial charge in [-0.3, -0.25) is 4.79 Å². The highest BCUT2D eigenvalue weighted by atomic mass is 16.4. The fourth-order valence-electron chi connectivity index (χ4n) is 3.25. The van der Waals surface area contributed by atoms with Crippen molar-refractivity contribution < 1.29 is 9.90 Å². The highest BCUT2D eigenvalue weighted by Gasteiger charge is 2.40. The summed E-state index contributed by atoms with van der Waals surface area (Å²) in [4.78, 5) is 23.5. The number of rotatable bonds is 3. The van der Waals surface area contributed by atoms with Crippen LogP contribution in [0, 0.1) is 18.8 Å². The van der Waals surface area contributed by atoms with E-state index in [4.69, 9.17) is 0 Å². The Morgan fingerprint density at radius 1 is 1.50 bits per heavy atom. The molecule has 0 aliphatic heterocycles. The Kier molecular flexibility index (Phi) is 3.20. The predicted molar refractivity (Wildman–Crippen MR) is 75.5 cm³/mol. The van der Waals surface area contributed by atoms with Gasteiger partial charge < -0.3 is 10.1 Å². The number of aromatic nitrogens is 3. The molecular weight excluding hydrogens is 254 g/mol. The zero-order valence-electron chi connectivity index (χ0n) is 11.8. The number of aromatic amines is 1. The zero-order chi connectivity index (χ0) is 14.3. The fraction of sp³-hybridized carbons (Fsp3) is 0.533. The smallest absolute Gasteiger partial charge is 0.307 e. The molecule has 0 amide bonds. The van der Waals surface area contributed by atoms with Gasteiger partial charge in [0.25, 0.3) is 0 Å². The molecule has 1 aliphatic carbocycles. The minimum atomic E-state index is -0.712. The quantitative estimate of drug-likeness (QED) is 0.901. The van der Waals surface area contributed by atoms with E-state index in [9.17, 15) is 9.90 Å². The lowest BCUT2D eigenvalue weighted by Crippen LogP contribution is -2.17. The van der Waals surface area contributed by atoms with Gasteiger partial charge in [-0.25, -0.2) is 9.97 Å². The number of imidazole rings is 1. The molecule has 5 nitrogen and oxygen atoms in total. The first-order chi connectivity index (χ1) is 9.58. The molecule has 3 atom stereocenters. The normalized spacial score (nSPS) is 26.2. The van der Waals surface area contributed by atoms with Gasteiger partial charge in [0.15, 0.2) is 5.65 Å². The molecule has 2 aromatic rings. The summed E-state index contributed by atoms with van der Waals surface area (Å²) in [6, 6.07) is 2.00. The van der Waals surface area contributed by atoms with Crippen LogP contribution in [-0.4, -0.2) is 26.0 Å². The second-order valence-corrected chi connectivity index (χ2v) is 5.80. The predicted octanol–water partition coefficient (Wildman–Crippen LogP) is 2.87. The van der Waals surface area contributed by atoms with Gasteiger partial charge in [-0.1, -0.05) is 13.3 Å². The number of H-pyrrole nitrogens is 1. The van der Waals surface area contributed by atoms with Crippen LogP contribution in [0.1, 0.15) is 43.5 Å². The molecule has 3 unspecified atom stereocenters. The molecule has 1 saturated carbocycles. The largest absolute Gasteiger partial charge is 0.481 e. The van der Waals surface area contributed by atoms with E-state index < -0.39 is 5.97 Å². The Bertz CT molecular complexity index is 650. The average molecular weight is 273 g/mol.